The van der Waals surface area contributed by atoms with Crippen LogP contribution in [0.3, 0.4) is 0 Å². The molecule has 0 aliphatic carbocycles. The van der Waals surface area contributed by atoms with Crippen LogP contribution in [-0.4, -0.2) is 29.0 Å². The Kier molecular flexibility index (Phi) is 5.59. The van der Waals surface area contributed by atoms with E-state index in [1.807, 2.05) is 29.2 Å². The van der Waals surface area contributed by atoms with Gasteiger partial charge in [-0.15, -0.1) is 0 Å². The summed E-state index contributed by atoms with van der Waals surface area (Å²) < 4.78 is 5.51. The molecule has 1 aliphatic rings. The molecule has 1 aromatic heterocycles. The van der Waals surface area contributed by atoms with Crippen molar-refractivity contribution < 1.29 is 9.53 Å². The van der Waals surface area contributed by atoms with Gasteiger partial charge in [0.25, 0.3) is 0 Å². The van der Waals surface area contributed by atoms with Crippen molar-refractivity contribution in [1.82, 2.24) is 9.88 Å². The minimum atomic E-state index is -0.0349. The Morgan fingerprint density at radius 1 is 1.25 bits per heavy atom. The van der Waals surface area contributed by atoms with Crippen molar-refractivity contribution in [2.75, 3.05) is 13.2 Å². The summed E-state index contributed by atoms with van der Waals surface area (Å²) >= 11 is 0. The standard InChI is InChI=1S/C20H24N2O2/c1-16-6-4-7-17(12-16)13-22(14-19-9-2-3-10-21-19)20(23)18-8-5-11-24-15-18/h2-4,6-7,9-10,12,18H,5,8,11,13-15H2,1H3. The van der Waals surface area contributed by atoms with Crippen molar-refractivity contribution in [2.24, 2.45) is 5.92 Å². The maximum atomic E-state index is 13.0. The van der Waals surface area contributed by atoms with Gasteiger partial charge in [-0.2, -0.15) is 0 Å². The second kappa shape index (κ2) is 8.06. The summed E-state index contributed by atoms with van der Waals surface area (Å²) in [6, 6.07) is 14.1. The van der Waals surface area contributed by atoms with Gasteiger partial charge >= 0.3 is 0 Å². The van der Waals surface area contributed by atoms with E-state index in [-0.39, 0.29) is 11.8 Å². The highest BCUT2D eigenvalue weighted by Crippen LogP contribution is 2.20. The Morgan fingerprint density at radius 2 is 2.17 bits per heavy atom. The summed E-state index contributed by atoms with van der Waals surface area (Å²) in [7, 11) is 0. The van der Waals surface area contributed by atoms with Crippen molar-refractivity contribution in [1.29, 1.82) is 0 Å². The Hall–Kier alpha value is -2.20. The molecule has 1 aliphatic heterocycles. The van der Waals surface area contributed by atoms with Crippen LogP contribution in [-0.2, 0) is 22.6 Å². The molecular weight excluding hydrogens is 300 g/mol. The fourth-order valence-electron chi connectivity index (χ4n) is 3.12. The van der Waals surface area contributed by atoms with Gasteiger partial charge in [0.15, 0.2) is 0 Å². The molecule has 1 saturated heterocycles. The first-order chi connectivity index (χ1) is 11.7. The first-order valence-electron chi connectivity index (χ1n) is 8.54. The van der Waals surface area contributed by atoms with Gasteiger partial charge in [-0.3, -0.25) is 9.78 Å². The highest BCUT2D eigenvalue weighted by molar-refractivity contribution is 5.79. The van der Waals surface area contributed by atoms with Gasteiger partial charge in [-0.1, -0.05) is 35.9 Å². The lowest BCUT2D eigenvalue weighted by Gasteiger charge is -2.29. The molecule has 2 heterocycles. The molecule has 0 bridgehead atoms. The van der Waals surface area contributed by atoms with Crippen LogP contribution in [0.4, 0.5) is 0 Å². The average Bonchev–Trinajstić information content (AvgIpc) is 2.62. The van der Waals surface area contributed by atoms with Crippen LogP contribution in [0, 0.1) is 12.8 Å². The summed E-state index contributed by atoms with van der Waals surface area (Å²) in [5, 5.41) is 0. The van der Waals surface area contributed by atoms with Gasteiger partial charge < -0.3 is 9.64 Å². The smallest absolute Gasteiger partial charge is 0.228 e. The molecule has 1 atom stereocenters. The number of hydrogen-bond acceptors (Lipinski definition) is 3. The van der Waals surface area contributed by atoms with Crippen LogP contribution in [0.15, 0.2) is 48.7 Å². The largest absolute Gasteiger partial charge is 0.381 e. The van der Waals surface area contributed by atoms with Crippen LogP contribution < -0.4 is 0 Å². The van der Waals surface area contributed by atoms with E-state index in [4.69, 9.17) is 4.74 Å². The maximum Gasteiger partial charge on any atom is 0.228 e. The van der Waals surface area contributed by atoms with Gasteiger partial charge in [-0.25, -0.2) is 0 Å². The molecule has 24 heavy (non-hydrogen) atoms. The normalized spacial score (nSPS) is 17.5. The molecule has 0 radical (unpaired) electrons. The van der Waals surface area contributed by atoms with Crippen molar-refractivity contribution in [3.63, 3.8) is 0 Å². The van der Waals surface area contributed by atoms with Crippen LogP contribution in [0.5, 0.6) is 0 Å². The highest BCUT2D eigenvalue weighted by Gasteiger charge is 2.27. The maximum absolute atomic E-state index is 13.0. The molecule has 0 N–H and O–H groups in total. The number of carbonyl (C=O) groups is 1. The Labute approximate surface area is 143 Å². The quantitative estimate of drug-likeness (QED) is 0.847. The predicted molar refractivity (Wildman–Crippen MR) is 93.2 cm³/mol. The van der Waals surface area contributed by atoms with Gasteiger partial charge in [-0.05, 0) is 37.5 Å². The number of benzene rings is 1. The van der Waals surface area contributed by atoms with Crippen LogP contribution in [0.2, 0.25) is 0 Å². The number of aryl methyl sites for hydroxylation is 1. The lowest BCUT2D eigenvalue weighted by molar-refractivity contribution is -0.141. The van der Waals surface area contributed by atoms with Gasteiger partial charge in [0.2, 0.25) is 5.91 Å². The number of amides is 1. The topological polar surface area (TPSA) is 42.4 Å². The Balaban J connectivity index is 1.78. The fourth-order valence-corrected chi connectivity index (χ4v) is 3.12. The zero-order valence-electron chi connectivity index (χ0n) is 14.1. The molecule has 0 spiro atoms. The number of ether oxygens (including phenoxy) is 1. The van der Waals surface area contributed by atoms with E-state index < -0.39 is 0 Å². The summed E-state index contributed by atoms with van der Waals surface area (Å²) in [5.41, 5.74) is 3.27. The average molecular weight is 324 g/mol. The number of nitrogens with zero attached hydrogens (tertiary/aromatic N) is 2. The van der Waals surface area contributed by atoms with Crippen LogP contribution in [0.25, 0.3) is 0 Å². The number of pyridine rings is 1. The van der Waals surface area contributed by atoms with E-state index in [1.54, 1.807) is 6.20 Å². The molecule has 1 unspecified atom stereocenters. The van der Waals surface area contributed by atoms with E-state index in [1.165, 1.54) is 5.56 Å². The summed E-state index contributed by atoms with van der Waals surface area (Å²) in [6.07, 6.45) is 3.64. The molecule has 3 rings (SSSR count). The van der Waals surface area contributed by atoms with Crippen LogP contribution >= 0.6 is 0 Å². The minimum Gasteiger partial charge on any atom is -0.381 e. The zero-order chi connectivity index (χ0) is 16.8. The van der Waals surface area contributed by atoms with Crippen molar-refractivity contribution in [3.05, 3.63) is 65.5 Å². The molecular formula is C20H24N2O2. The number of hydrogen-bond donors (Lipinski definition) is 0. The van der Waals surface area contributed by atoms with E-state index in [0.29, 0.717) is 19.7 Å². The zero-order valence-corrected chi connectivity index (χ0v) is 14.1. The minimum absolute atomic E-state index is 0.0349. The molecule has 0 saturated carbocycles. The van der Waals surface area contributed by atoms with Gasteiger partial charge in [0.1, 0.15) is 0 Å². The lowest BCUT2D eigenvalue weighted by Crippen LogP contribution is -2.39. The van der Waals surface area contributed by atoms with Gasteiger partial charge in [0, 0.05) is 19.3 Å². The van der Waals surface area contributed by atoms with Gasteiger partial charge in [0.05, 0.1) is 24.8 Å². The van der Waals surface area contributed by atoms with E-state index >= 15 is 0 Å². The second-order valence-electron chi connectivity index (χ2n) is 6.42. The van der Waals surface area contributed by atoms with Crippen molar-refractivity contribution in [2.45, 2.75) is 32.9 Å². The first kappa shape index (κ1) is 16.7. The molecule has 4 nitrogen and oxygen atoms in total. The van der Waals surface area contributed by atoms with E-state index in [9.17, 15) is 4.79 Å². The third kappa shape index (κ3) is 4.42. The van der Waals surface area contributed by atoms with E-state index in [2.05, 4.69) is 30.1 Å². The third-order valence-electron chi connectivity index (χ3n) is 4.36. The summed E-state index contributed by atoms with van der Waals surface area (Å²) in [5.74, 6) is 0.133. The number of aromatic nitrogens is 1. The van der Waals surface area contributed by atoms with Crippen molar-refractivity contribution >= 4 is 5.91 Å². The fraction of sp³-hybridized carbons (Fsp3) is 0.400. The third-order valence-corrected chi connectivity index (χ3v) is 4.36. The Morgan fingerprint density at radius 3 is 2.88 bits per heavy atom. The number of rotatable bonds is 5. The van der Waals surface area contributed by atoms with Crippen LogP contribution in [0.1, 0.15) is 29.7 Å². The van der Waals surface area contributed by atoms with E-state index in [0.717, 1.165) is 30.7 Å². The molecule has 1 fully saturated rings. The molecule has 126 valence electrons. The lowest BCUT2D eigenvalue weighted by atomic mass is 10.00. The number of carbonyl (C=O) groups excluding carboxylic acids is 1. The first-order valence-corrected chi connectivity index (χ1v) is 8.54. The predicted octanol–water partition coefficient (Wildman–Crippen LogP) is 3.35. The molecule has 1 aromatic carbocycles. The molecule has 2 aromatic rings. The molecule has 4 heteroatoms. The summed E-state index contributed by atoms with van der Waals surface area (Å²) in [6.45, 7) is 4.51. The second-order valence-corrected chi connectivity index (χ2v) is 6.42. The van der Waals surface area contributed by atoms with Crippen molar-refractivity contribution in [3.8, 4) is 0 Å². The summed E-state index contributed by atoms with van der Waals surface area (Å²) in [4.78, 5) is 19.3. The SMILES string of the molecule is Cc1cccc(CN(Cc2ccccn2)C(=O)C2CCCOC2)c1. The Bertz CT molecular complexity index is 666. The molecule has 1 amide bonds. The monoisotopic (exact) mass is 324 g/mol. The highest BCUT2D eigenvalue weighted by atomic mass is 16.5.